The third kappa shape index (κ3) is 8.13. The lowest BCUT2D eigenvalue weighted by Crippen LogP contribution is -2.46. The van der Waals surface area contributed by atoms with Crippen LogP contribution in [0.1, 0.15) is 36.7 Å². The molecule has 1 amide bonds. The number of benzene rings is 2. The Labute approximate surface area is 189 Å². The minimum atomic E-state index is -1.56. The fourth-order valence-corrected chi connectivity index (χ4v) is 2.51. The van der Waals surface area contributed by atoms with Gasteiger partial charge < -0.3 is 24.6 Å². The van der Waals surface area contributed by atoms with Crippen LogP contribution in [0.4, 0.5) is 10.5 Å². The summed E-state index contributed by atoms with van der Waals surface area (Å²) in [5.74, 6) is -2.55. The maximum atomic E-state index is 12.4. The molecule has 11 nitrogen and oxygen atoms in total. The van der Waals surface area contributed by atoms with Gasteiger partial charge in [0.2, 0.25) is 0 Å². The highest BCUT2D eigenvalue weighted by Gasteiger charge is 2.26. The van der Waals surface area contributed by atoms with Crippen molar-refractivity contribution in [3.8, 4) is 5.75 Å². The second-order valence-electron chi connectivity index (χ2n) is 7.85. The van der Waals surface area contributed by atoms with Crippen LogP contribution in [-0.4, -0.2) is 46.3 Å². The quantitative estimate of drug-likeness (QED) is 0.326. The third-order valence-electron chi connectivity index (χ3n) is 4.00. The van der Waals surface area contributed by atoms with E-state index in [2.05, 4.69) is 5.32 Å². The summed E-state index contributed by atoms with van der Waals surface area (Å²) in [6.07, 6.45) is -0.994. The van der Waals surface area contributed by atoms with Gasteiger partial charge in [0.15, 0.2) is 11.8 Å². The number of amides is 1. The topological polar surface area (TPSA) is 154 Å². The molecular formula is C22H24N2O9. The molecule has 0 bridgehead atoms. The Morgan fingerprint density at radius 1 is 1.12 bits per heavy atom. The first-order chi connectivity index (χ1) is 15.5. The number of aliphatic carboxylic acids is 1. The smallest absolute Gasteiger partial charge is 0.408 e. The Balaban J connectivity index is 2.12. The zero-order valence-corrected chi connectivity index (χ0v) is 18.3. The van der Waals surface area contributed by atoms with E-state index in [1.54, 1.807) is 45.0 Å². The van der Waals surface area contributed by atoms with Crippen molar-refractivity contribution in [1.29, 1.82) is 0 Å². The summed E-state index contributed by atoms with van der Waals surface area (Å²) in [6.45, 7) is 4.14. The number of nitro benzene ring substituents is 1. The van der Waals surface area contributed by atoms with Crippen LogP contribution in [0.15, 0.2) is 48.5 Å². The number of hydrogen-bond acceptors (Lipinski definition) is 8. The first kappa shape index (κ1) is 25.1. The molecule has 176 valence electrons. The zero-order chi connectivity index (χ0) is 24.6. The molecule has 11 heteroatoms. The van der Waals surface area contributed by atoms with E-state index < -0.39 is 46.9 Å². The van der Waals surface area contributed by atoms with Crippen molar-refractivity contribution in [1.82, 2.24) is 5.32 Å². The zero-order valence-electron chi connectivity index (χ0n) is 18.3. The SMILES string of the molecule is CC(C)(C)OC(=O)NC(COc1cc(C(=O)OCc2ccccc2)ccc1[N+](=O)[O-])C(=O)O. The first-order valence-corrected chi connectivity index (χ1v) is 9.81. The number of nitro groups is 1. The second kappa shape index (κ2) is 10.9. The lowest BCUT2D eigenvalue weighted by molar-refractivity contribution is -0.385. The molecule has 0 fully saturated rings. The van der Waals surface area contributed by atoms with Gasteiger partial charge >= 0.3 is 23.7 Å². The van der Waals surface area contributed by atoms with E-state index in [9.17, 15) is 29.6 Å². The third-order valence-corrected chi connectivity index (χ3v) is 4.00. The highest BCUT2D eigenvalue weighted by atomic mass is 16.6. The van der Waals surface area contributed by atoms with Crippen LogP contribution in [0.25, 0.3) is 0 Å². The van der Waals surface area contributed by atoms with Gasteiger partial charge in [-0.15, -0.1) is 0 Å². The van der Waals surface area contributed by atoms with E-state index in [-0.39, 0.29) is 17.9 Å². The summed E-state index contributed by atoms with van der Waals surface area (Å²) in [4.78, 5) is 46.3. The minimum Gasteiger partial charge on any atom is -0.484 e. The summed E-state index contributed by atoms with van der Waals surface area (Å²) in [5.41, 5.74) is -0.627. The van der Waals surface area contributed by atoms with Gasteiger partial charge in [-0.3, -0.25) is 10.1 Å². The molecule has 0 aliphatic heterocycles. The maximum Gasteiger partial charge on any atom is 0.408 e. The van der Waals surface area contributed by atoms with Crippen molar-refractivity contribution in [2.45, 2.75) is 39.0 Å². The van der Waals surface area contributed by atoms with Crippen LogP contribution in [0.5, 0.6) is 5.75 Å². The summed E-state index contributed by atoms with van der Waals surface area (Å²) in [5, 5.41) is 22.8. The molecule has 0 radical (unpaired) electrons. The number of carboxylic acids is 1. The summed E-state index contributed by atoms with van der Waals surface area (Å²) in [6, 6.07) is 10.7. The van der Waals surface area contributed by atoms with Gasteiger partial charge in [0, 0.05) is 12.1 Å². The highest BCUT2D eigenvalue weighted by molar-refractivity contribution is 5.90. The largest absolute Gasteiger partial charge is 0.484 e. The number of carbonyl (C=O) groups excluding carboxylic acids is 2. The average Bonchev–Trinajstić information content (AvgIpc) is 2.73. The Kier molecular flexibility index (Phi) is 8.32. The van der Waals surface area contributed by atoms with Crippen LogP contribution in [0, 0.1) is 10.1 Å². The van der Waals surface area contributed by atoms with Gasteiger partial charge in [-0.05, 0) is 32.4 Å². The van der Waals surface area contributed by atoms with Gasteiger partial charge in [0.25, 0.3) is 0 Å². The van der Waals surface area contributed by atoms with Crippen molar-refractivity contribution in [3.05, 3.63) is 69.8 Å². The Hall–Kier alpha value is -4.15. The number of nitrogens with zero attached hydrogens (tertiary/aromatic N) is 1. The van der Waals surface area contributed by atoms with Gasteiger partial charge in [0.1, 0.15) is 18.8 Å². The molecule has 0 saturated carbocycles. The number of alkyl carbamates (subject to hydrolysis) is 1. The van der Waals surface area contributed by atoms with Crippen LogP contribution in [-0.2, 0) is 20.9 Å². The highest BCUT2D eigenvalue weighted by Crippen LogP contribution is 2.28. The molecule has 0 aliphatic rings. The first-order valence-electron chi connectivity index (χ1n) is 9.81. The molecular weight excluding hydrogens is 436 g/mol. The lowest BCUT2D eigenvalue weighted by atomic mass is 10.2. The minimum absolute atomic E-state index is 0.00620. The number of carboxylic acid groups (broad SMARTS) is 1. The number of rotatable bonds is 9. The van der Waals surface area contributed by atoms with Gasteiger partial charge in [-0.1, -0.05) is 30.3 Å². The molecule has 0 aliphatic carbocycles. The molecule has 2 N–H and O–H groups in total. The lowest BCUT2D eigenvalue weighted by Gasteiger charge is -2.22. The Morgan fingerprint density at radius 2 is 1.79 bits per heavy atom. The molecule has 2 rings (SSSR count). The van der Waals surface area contributed by atoms with Crippen molar-refractivity contribution < 1.29 is 38.6 Å². The van der Waals surface area contributed by atoms with Crippen molar-refractivity contribution >= 4 is 23.7 Å². The van der Waals surface area contributed by atoms with E-state index in [0.29, 0.717) is 0 Å². The maximum absolute atomic E-state index is 12.4. The number of hydrogen-bond donors (Lipinski definition) is 2. The molecule has 1 unspecified atom stereocenters. The summed E-state index contributed by atoms with van der Waals surface area (Å²) < 4.78 is 15.5. The standard InChI is InChI=1S/C22H24N2O9/c1-22(2,3)33-21(28)23-16(19(25)26)13-31-18-11-15(9-10-17(18)24(29)30)20(27)32-12-14-7-5-4-6-8-14/h4-11,16H,12-13H2,1-3H3,(H,23,28)(H,25,26). The van der Waals surface area contributed by atoms with Gasteiger partial charge in [0.05, 0.1) is 10.5 Å². The van der Waals surface area contributed by atoms with Gasteiger partial charge in [-0.2, -0.15) is 0 Å². The van der Waals surface area contributed by atoms with Crippen LogP contribution in [0.2, 0.25) is 0 Å². The monoisotopic (exact) mass is 460 g/mol. The molecule has 33 heavy (non-hydrogen) atoms. The second-order valence-corrected chi connectivity index (χ2v) is 7.85. The number of carbonyl (C=O) groups is 3. The number of ether oxygens (including phenoxy) is 3. The van der Waals surface area contributed by atoms with Crippen LogP contribution >= 0.6 is 0 Å². The number of nitrogens with one attached hydrogen (secondary N) is 1. The predicted octanol–water partition coefficient (Wildman–Crippen LogP) is 3.31. The fraction of sp³-hybridized carbons (Fsp3) is 0.318. The Morgan fingerprint density at radius 3 is 2.36 bits per heavy atom. The summed E-state index contributed by atoms with van der Waals surface area (Å²) in [7, 11) is 0. The van der Waals surface area contributed by atoms with E-state index in [1.807, 2.05) is 6.07 Å². The van der Waals surface area contributed by atoms with Gasteiger partial charge in [-0.25, -0.2) is 14.4 Å². The van der Waals surface area contributed by atoms with E-state index in [1.165, 1.54) is 6.07 Å². The normalized spacial score (nSPS) is 11.7. The predicted molar refractivity (Wildman–Crippen MR) is 115 cm³/mol. The molecule has 2 aromatic rings. The molecule has 0 saturated heterocycles. The molecule has 2 aromatic carbocycles. The van der Waals surface area contributed by atoms with Crippen LogP contribution in [0.3, 0.4) is 0 Å². The molecule has 0 aromatic heterocycles. The van der Waals surface area contributed by atoms with Crippen molar-refractivity contribution in [2.75, 3.05) is 6.61 Å². The van der Waals surface area contributed by atoms with E-state index >= 15 is 0 Å². The van der Waals surface area contributed by atoms with E-state index in [4.69, 9.17) is 14.2 Å². The van der Waals surface area contributed by atoms with E-state index in [0.717, 1.165) is 17.7 Å². The summed E-state index contributed by atoms with van der Waals surface area (Å²) >= 11 is 0. The Bertz CT molecular complexity index is 1020. The molecule has 0 spiro atoms. The van der Waals surface area contributed by atoms with Crippen molar-refractivity contribution in [3.63, 3.8) is 0 Å². The molecule has 1 atom stereocenters. The average molecular weight is 460 g/mol. The molecule has 0 heterocycles. The number of esters is 1. The van der Waals surface area contributed by atoms with Crippen LogP contribution < -0.4 is 10.1 Å². The fourth-order valence-electron chi connectivity index (χ4n) is 2.51. The van der Waals surface area contributed by atoms with Crippen molar-refractivity contribution in [2.24, 2.45) is 0 Å².